The van der Waals surface area contributed by atoms with Gasteiger partial charge in [0, 0.05) is 72.0 Å². The van der Waals surface area contributed by atoms with Gasteiger partial charge in [-0.2, -0.15) is 0 Å². The van der Waals surface area contributed by atoms with Gasteiger partial charge in [0.2, 0.25) is 0 Å². The molecule has 12 heteroatoms. The molecule has 10 nitrogen and oxygen atoms in total. The molecule has 2 heterocycles. The average Bonchev–Trinajstić information content (AvgIpc) is 3.12. The number of benzene rings is 3. The highest BCUT2D eigenvalue weighted by atomic mass is 19.1. The standard InChI is InChI=1S/C23H30FN3O3.C15H24FN3O/c1-26-11-13-27(14-12-26)15-16-29-22-8-7-19(17-21(22)24)9-10-25-23(28)30-18-20-5-3-2-4-6-20;1-18-6-8-19(9-7-18)10-11-20-15-3-2-13(4-5-17)12-14(15)16/h2-8,17H,9-16,18H2,1H3,(H,25,28);2-3,12H,4-11,17H2,1H3. The first kappa shape index (κ1) is 39.0. The number of piperazine rings is 2. The first-order chi connectivity index (χ1) is 24.3. The van der Waals surface area contributed by atoms with E-state index in [1.54, 1.807) is 12.1 Å². The molecule has 2 aliphatic rings. The molecule has 274 valence electrons. The summed E-state index contributed by atoms with van der Waals surface area (Å²) in [7, 11) is 4.25. The van der Waals surface area contributed by atoms with Crippen molar-refractivity contribution in [3.05, 3.63) is 95.1 Å². The molecule has 0 aliphatic carbocycles. The molecule has 50 heavy (non-hydrogen) atoms. The Morgan fingerprint density at radius 1 is 0.700 bits per heavy atom. The summed E-state index contributed by atoms with van der Waals surface area (Å²) in [6, 6.07) is 19.5. The maximum absolute atomic E-state index is 14.3. The molecule has 0 saturated carbocycles. The fraction of sp³-hybridized carbons (Fsp3) is 0.500. The number of likely N-dealkylation sites (N-methyl/N-ethyl adjacent to an activating group) is 2. The van der Waals surface area contributed by atoms with Crippen LogP contribution in [0.5, 0.6) is 11.5 Å². The molecule has 2 fully saturated rings. The number of hydrogen-bond donors (Lipinski definition) is 2. The van der Waals surface area contributed by atoms with Crippen molar-refractivity contribution >= 4 is 6.09 Å². The predicted molar refractivity (Wildman–Crippen MR) is 193 cm³/mol. The van der Waals surface area contributed by atoms with Crippen molar-refractivity contribution in [2.24, 2.45) is 5.73 Å². The fourth-order valence-electron chi connectivity index (χ4n) is 5.60. The van der Waals surface area contributed by atoms with Crippen molar-refractivity contribution in [2.45, 2.75) is 19.4 Å². The number of amides is 1. The minimum atomic E-state index is -0.483. The van der Waals surface area contributed by atoms with E-state index in [1.165, 1.54) is 12.1 Å². The van der Waals surface area contributed by atoms with Gasteiger partial charge in [-0.25, -0.2) is 13.6 Å². The largest absolute Gasteiger partial charge is 0.489 e. The van der Waals surface area contributed by atoms with Crippen molar-refractivity contribution in [2.75, 3.05) is 106 Å². The average molecular weight is 697 g/mol. The Balaban J connectivity index is 0.000000244. The maximum Gasteiger partial charge on any atom is 0.407 e. The van der Waals surface area contributed by atoms with Gasteiger partial charge in [0.1, 0.15) is 19.8 Å². The number of ether oxygens (including phenoxy) is 3. The van der Waals surface area contributed by atoms with Crippen LogP contribution in [0.4, 0.5) is 13.6 Å². The molecule has 3 aromatic rings. The third-order valence-electron chi connectivity index (χ3n) is 8.84. The summed E-state index contributed by atoms with van der Waals surface area (Å²) in [5, 5.41) is 2.69. The first-order valence-electron chi connectivity index (χ1n) is 17.6. The molecule has 2 saturated heterocycles. The lowest BCUT2D eigenvalue weighted by atomic mass is 10.1. The van der Waals surface area contributed by atoms with Gasteiger partial charge < -0.3 is 35.1 Å². The Labute approximate surface area is 296 Å². The van der Waals surface area contributed by atoms with E-state index in [4.69, 9.17) is 19.9 Å². The van der Waals surface area contributed by atoms with Crippen LogP contribution in [-0.2, 0) is 24.2 Å². The lowest BCUT2D eigenvalue weighted by molar-refractivity contribution is 0.132. The van der Waals surface area contributed by atoms with E-state index in [-0.39, 0.29) is 24.0 Å². The zero-order chi connectivity index (χ0) is 35.6. The van der Waals surface area contributed by atoms with Crippen LogP contribution in [0.2, 0.25) is 0 Å². The second-order valence-electron chi connectivity index (χ2n) is 12.8. The molecule has 2 aliphatic heterocycles. The summed E-state index contributed by atoms with van der Waals surface area (Å²) >= 11 is 0. The van der Waals surface area contributed by atoms with Gasteiger partial charge >= 0.3 is 6.09 Å². The van der Waals surface area contributed by atoms with E-state index < -0.39 is 6.09 Å². The number of alkyl carbamates (subject to hydrolysis) is 1. The number of carbonyl (C=O) groups excluding carboxylic acids is 1. The van der Waals surface area contributed by atoms with Crippen molar-refractivity contribution in [1.82, 2.24) is 24.9 Å². The number of nitrogens with zero attached hydrogens (tertiary/aromatic N) is 4. The highest BCUT2D eigenvalue weighted by molar-refractivity contribution is 5.67. The minimum Gasteiger partial charge on any atom is -0.489 e. The molecule has 1 amide bonds. The summed E-state index contributed by atoms with van der Waals surface area (Å²) in [5.74, 6) is -0.0742. The highest BCUT2D eigenvalue weighted by Crippen LogP contribution is 2.20. The zero-order valence-electron chi connectivity index (χ0n) is 29.6. The van der Waals surface area contributed by atoms with Gasteiger partial charge in [0.25, 0.3) is 0 Å². The molecular weight excluding hydrogens is 642 g/mol. The van der Waals surface area contributed by atoms with Gasteiger partial charge in [-0.3, -0.25) is 9.80 Å². The van der Waals surface area contributed by atoms with E-state index in [1.807, 2.05) is 42.5 Å². The van der Waals surface area contributed by atoms with Crippen LogP contribution in [0, 0.1) is 11.6 Å². The van der Waals surface area contributed by atoms with Crippen molar-refractivity contribution in [1.29, 1.82) is 0 Å². The molecule has 3 aromatic carbocycles. The highest BCUT2D eigenvalue weighted by Gasteiger charge is 2.15. The lowest BCUT2D eigenvalue weighted by Crippen LogP contribution is -2.45. The monoisotopic (exact) mass is 696 g/mol. The third kappa shape index (κ3) is 14.2. The van der Waals surface area contributed by atoms with Crippen LogP contribution in [0.15, 0.2) is 66.7 Å². The van der Waals surface area contributed by atoms with Crippen LogP contribution >= 0.6 is 0 Å². The van der Waals surface area contributed by atoms with Crippen LogP contribution in [0.3, 0.4) is 0 Å². The number of hydrogen-bond acceptors (Lipinski definition) is 9. The number of rotatable bonds is 15. The Morgan fingerprint density at radius 2 is 1.20 bits per heavy atom. The number of carbonyl (C=O) groups is 1. The Morgan fingerprint density at radius 3 is 1.68 bits per heavy atom. The number of nitrogens with two attached hydrogens (primary N) is 1. The van der Waals surface area contributed by atoms with Crippen molar-refractivity contribution in [3.63, 3.8) is 0 Å². The second-order valence-corrected chi connectivity index (χ2v) is 12.8. The maximum atomic E-state index is 14.3. The molecule has 0 spiro atoms. The van der Waals surface area contributed by atoms with Crippen LogP contribution in [0.25, 0.3) is 0 Å². The van der Waals surface area contributed by atoms with Crippen LogP contribution < -0.4 is 20.5 Å². The Kier molecular flexibility index (Phi) is 16.7. The molecule has 0 radical (unpaired) electrons. The molecule has 3 N–H and O–H groups in total. The molecule has 5 rings (SSSR count). The van der Waals surface area contributed by atoms with Crippen LogP contribution in [-0.4, -0.2) is 132 Å². The molecule has 0 bridgehead atoms. The van der Waals surface area contributed by atoms with E-state index in [2.05, 4.69) is 39.0 Å². The van der Waals surface area contributed by atoms with Gasteiger partial charge in [0.15, 0.2) is 23.1 Å². The molecular formula is C38H54F2N6O4. The smallest absolute Gasteiger partial charge is 0.407 e. The summed E-state index contributed by atoms with van der Waals surface area (Å²) < 4.78 is 44.4. The normalized spacial score (nSPS) is 15.9. The lowest BCUT2D eigenvalue weighted by Gasteiger charge is -2.32. The Hall–Kier alpha value is -3.81. The number of halogens is 2. The molecule has 0 unspecified atom stereocenters. The summed E-state index contributed by atoms with van der Waals surface area (Å²) in [4.78, 5) is 21.0. The quantitative estimate of drug-likeness (QED) is 0.246. The summed E-state index contributed by atoms with van der Waals surface area (Å²) in [5.41, 5.74) is 8.09. The van der Waals surface area contributed by atoms with Gasteiger partial charge in [-0.1, -0.05) is 42.5 Å². The minimum absolute atomic E-state index is 0.224. The number of nitrogens with one attached hydrogen (secondary N) is 1. The van der Waals surface area contributed by atoms with E-state index in [9.17, 15) is 13.6 Å². The first-order valence-corrected chi connectivity index (χ1v) is 17.6. The van der Waals surface area contributed by atoms with Gasteiger partial charge in [-0.15, -0.1) is 0 Å². The molecule has 0 aromatic heterocycles. The van der Waals surface area contributed by atoms with E-state index in [0.717, 1.165) is 82.1 Å². The van der Waals surface area contributed by atoms with E-state index in [0.29, 0.717) is 44.9 Å². The summed E-state index contributed by atoms with van der Waals surface area (Å²) in [6.07, 6.45) is 0.723. The Bertz CT molecular complexity index is 1420. The van der Waals surface area contributed by atoms with Gasteiger partial charge in [-0.05, 0) is 74.4 Å². The topological polar surface area (TPSA) is 95.8 Å². The SMILES string of the molecule is CN1CCN(CCOc2ccc(CCN)cc2F)CC1.CN1CCN(CCOc2ccc(CCNC(=O)OCc3ccccc3)cc2F)CC1. The predicted octanol–water partition coefficient (Wildman–Crippen LogP) is 3.87. The van der Waals surface area contributed by atoms with Crippen molar-refractivity contribution < 1.29 is 27.8 Å². The van der Waals surface area contributed by atoms with Crippen molar-refractivity contribution in [3.8, 4) is 11.5 Å². The third-order valence-corrected chi connectivity index (χ3v) is 8.84. The van der Waals surface area contributed by atoms with E-state index >= 15 is 0 Å². The fourth-order valence-corrected chi connectivity index (χ4v) is 5.60. The second kappa shape index (κ2) is 21.4. The van der Waals surface area contributed by atoms with Gasteiger partial charge in [0.05, 0.1) is 0 Å². The zero-order valence-corrected chi connectivity index (χ0v) is 29.6. The summed E-state index contributed by atoms with van der Waals surface area (Å²) in [6.45, 7) is 12.2. The molecule has 0 atom stereocenters. The van der Waals surface area contributed by atoms with Crippen LogP contribution in [0.1, 0.15) is 16.7 Å².